The van der Waals surface area contributed by atoms with E-state index in [2.05, 4.69) is 4.98 Å². The van der Waals surface area contributed by atoms with Crippen LogP contribution in [0.2, 0.25) is 0 Å². The first kappa shape index (κ1) is 8.99. The maximum Gasteiger partial charge on any atom is 0.213 e. The van der Waals surface area contributed by atoms with Gasteiger partial charge in [-0.3, -0.25) is 5.41 Å². The van der Waals surface area contributed by atoms with E-state index in [1.54, 1.807) is 18.3 Å². The minimum Gasteiger partial charge on any atom is -0.474 e. The molecule has 4 nitrogen and oxygen atoms in total. The largest absolute Gasteiger partial charge is 0.474 e. The molecule has 1 fully saturated rings. The molecule has 0 saturated heterocycles. The fraction of sp³-hybridized carbons (Fsp3) is 0.400. The van der Waals surface area contributed by atoms with Gasteiger partial charge in [-0.25, -0.2) is 4.98 Å². The summed E-state index contributed by atoms with van der Waals surface area (Å²) in [5.41, 5.74) is 5.94. The second kappa shape index (κ2) is 3.65. The molecule has 0 spiro atoms. The highest BCUT2D eigenvalue weighted by atomic mass is 16.5. The number of rotatable bonds is 3. The third-order valence-corrected chi connectivity index (χ3v) is 2.39. The van der Waals surface area contributed by atoms with Crippen molar-refractivity contribution in [1.29, 1.82) is 5.41 Å². The van der Waals surface area contributed by atoms with Crippen molar-refractivity contribution in [2.45, 2.75) is 25.4 Å². The minimum atomic E-state index is 0.0349. The Morgan fingerprint density at radius 1 is 1.50 bits per heavy atom. The van der Waals surface area contributed by atoms with Crippen LogP contribution in [-0.2, 0) is 0 Å². The van der Waals surface area contributed by atoms with Gasteiger partial charge in [0.05, 0.1) is 0 Å². The maximum absolute atomic E-state index is 7.19. The van der Waals surface area contributed by atoms with Gasteiger partial charge in [-0.15, -0.1) is 0 Å². The zero-order valence-electron chi connectivity index (χ0n) is 7.86. The third-order valence-electron chi connectivity index (χ3n) is 2.39. The SMILES string of the molecule is N=C(N)c1ccc(OC2CCC2)nc1. The highest BCUT2D eigenvalue weighted by Crippen LogP contribution is 2.23. The van der Waals surface area contributed by atoms with E-state index in [9.17, 15) is 0 Å². The average molecular weight is 191 g/mol. The lowest BCUT2D eigenvalue weighted by Gasteiger charge is -2.25. The van der Waals surface area contributed by atoms with Crippen molar-refractivity contribution < 1.29 is 4.74 Å². The molecule has 0 radical (unpaired) electrons. The van der Waals surface area contributed by atoms with Crippen LogP contribution >= 0.6 is 0 Å². The van der Waals surface area contributed by atoms with Gasteiger partial charge in [0.2, 0.25) is 5.88 Å². The van der Waals surface area contributed by atoms with Gasteiger partial charge in [-0.1, -0.05) is 0 Å². The van der Waals surface area contributed by atoms with Crippen LogP contribution in [0.15, 0.2) is 18.3 Å². The summed E-state index contributed by atoms with van der Waals surface area (Å²) in [5.74, 6) is 0.660. The van der Waals surface area contributed by atoms with Gasteiger partial charge < -0.3 is 10.5 Å². The predicted octanol–water partition coefficient (Wildman–Crippen LogP) is 1.30. The smallest absolute Gasteiger partial charge is 0.213 e. The van der Waals surface area contributed by atoms with Crippen LogP contribution in [0.1, 0.15) is 24.8 Å². The predicted molar refractivity (Wildman–Crippen MR) is 53.5 cm³/mol. The Labute approximate surface area is 82.6 Å². The zero-order valence-corrected chi connectivity index (χ0v) is 7.86. The third kappa shape index (κ3) is 1.84. The minimum absolute atomic E-state index is 0.0349. The number of hydrogen-bond donors (Lipinski definition) is 2. The number of amidine groups is 1. The van der Waals surface area contributed by atoms with Crippen LogP contribution in [0.5, 0.6) is 5.88 Å². The average Bonchev–Trinajstić information content (AvgIpc) is 2.12. The second-order valence-corrected chi connectivity index (χ2v) is 3.47. The van der Waals surface area contributed by atoms with Crippen molar-refractivity contribution in [1.82, 2.24) is 4.98 Å². The van der Waals surface area contributed by atoms with Gasteiger partial charge in [0.25, 0.3) is 0 Å². The van der Waals surface area contributed by atoms with E-state index in [4.69, 9.17) is 15.9 Å². The highest BCUT2D eigenvalue weighted by Gasteiger charge is 2.19. The molecule has 14 heavy (non-hydrogen) atoms. The number of nitrogens with zero attached hydrogens (tertiary/aromatic N) is 1. The summed E-state index contributed by atoms with van der Waals surface area (Å²) < 4.78 is 5.56. The summed E-state index contributed by atoms with van der Waals surface area (Å²) >= 11 is 0. The Bertz CT molecular complexity index is 330. The first-order valence-electron chi connectivity index (χ1n) is 4.73. The first-order chi connectivity index (χ1) is 6.75. The number of ether oxygens (including phenoxy) is 1. The summed E-state index contributed by atoms with van der Waals surface area (Å²) in [6.45, 7) is 0. The summed E-state index contributed by atoms with van der Waals surface area (Å²) in [4.78, 5) is 4.08. The van der Waals surface area contributed by atoms with Gasteiger partial charge >= 0.3 is 0 Å². The Hall–Kier alpha value is -1.58. The molecule has 1 aromatic heterocycles. The molecule has 1 heterocycles. The molecule has 0 unspecified atom stereocenters. The summed E-state index contributed by atoms with van der Waals surface area (Å²) in [5, 5.41) is 7.19. The van der Waals surface area contributed by atoms with E-state index in [1.807, 2.05) is 0 Å². The number of aromatic nitrogens is 1. The van der Waals surface area contributed by atoms with Crippen molar-refractivity contribution >= 4 is 5.84 Å². The molecule has 4 heteroatoms. The molecule has 3 N–H and O–H groups in total. The van der Waals surface area contributed by atoms with Crippen molar-refractivity contribution in [3.8, 4) is 5.88 Å². The van der Waals surface area contributed by atoms with Crippen LogP contribution in [0.3, 0.4) is 0 Å². The van der Waals surface area contributed by atoms with E-state index >= 15 is 0 Å². The lowest BCUT2D eigenvalue weighted by Crippen LogP contribution is -2.25. The van der Waals surface area contributed by atoms with Crippen LogP contribution in [0.4, 0.5) is 0 Å². The Morgan fingerprint density at radius 2 is 2.29 bits per heavy atom. The maximum atomic E-state index is 7.19. The topological polar surface area (TPSA) is 72.0 Å². The molecule has 74 valence electrons. The molecule has 1 aliphatic carbocycles. The summed E-state index contributed by atoms with van der Waals surface area (Å²) in [6, 6.07) is 3.51. The number of nitrogen functional groups attached to an aromatic ring is 1. The fourth-order valence-corrected chi connectivity index (χ4v) is 1.27. The lowest BCUT2D eigenvalue weighted by molar-refractivity contribution is 0.114. The molecule has 2 rings (SSSR count). The van der Waals surface area contributed by atoms with Gasteiger partial charge in [0, 0.05) is 17.8 Å². The van der Waals surface area contributed by atoms with Gasteiger partial charge in [-0.05, 0) is 25.3 Å². The summed E-state index contributed by atoms with van der Waals surface area (Å²) in [7, 11) is 0. The molecular formula is C10H13N3O. The first-order valence-corrected chi connectivity index (χ1v) is 4.73. The highest BCUT2D eigenvalue weighted by molar-refractivity contribution is 5.94. The molecule has 0 atom stereocenters. The molecule has 0 amide bonds. The standard InChI is InChI=1S/C10H13N3O/c11-10(12)7-4-5-9(13-6-7)14-8-2-1-3-8/h4-6,8H,1-3H2,(H3,11,12). The molecule has 0 bridgehead atoms. The Balaban J connectivity index is 2.01. The fourth-order valence-electron chi connectivity index (χ4n) is 1.27. The molecular weight excluding hydrogens is 178 g/mol. The number of nitrogens with one attached hydrogen (secondary N) is 1. The number of hydrogen-bond acceptors (Lipinski definition) is 3. The van der Waals surface area contributed by atoms with E-state index < -0.39 is 0 Å². The number of pyridine rings is 1. The van der Waals surface area contributed by atoms with Crippen LogP contribution < -0.4 is 10.5 Å². The van der Waals surface area contributed by atoms with Crippen molar-refractivity contribution in [3.63, 3.8) is 0 Å². The van der Waals surface area contributed by atoms with Crippen LogP contribution in [-0.4, -0.2) is 16.9 Å². The van der Waals surface area contributed by atoms with Crippen LogP contribution in [0, 0.1) is 5.41 Å². The molecule has 1 aliphatic rings. The van der Waals surface area contributed by atoms with E-state index in [0.29, 0.717) is 17.5 Å². The molecule has 1 aromatic rings. The molecule has 1 saturated carbocycles. The molecule has 0 aromatic carbocycles. The second-order valence-electron chi connectivity index (χ2n) is 3.47. The van der Waals surface area contributed by atoms with Gasteiger partial charge in [-0.2, -0.15) is 0 Å². The Kier molecular flexibility index (Phi) is 2.35. The normalized spacial score (nSPS) is 16.0. The number of nitrogens with two attached hydrogens (primary N) is 1. The Morgan fingerprint density at radius 3 is 2.71 bits per heavy atom. The van der Waals surface area contributed by atoms with Crippen molar-refractivity contribution in [3.05, 3.63) is 23.9 Å². The quantitative estimate of drug-likeness (QED) is 0.558. The zero-order chi connectivity index (χ0) is 9.97. The molecule has 0 aliphatic heterocycles. The van der Waals surface area contributed by atoms with Gasteiger partial charge in [0.1, 0.15) is 11.9 Å². The van der Waals surface area contributed by atoms with Crippen molar-refractivity contribution in [2.24, 2.45) is 5.73 Å². The van der Waals surface area contributed by atoms with E-state index in [1.165, 1.54) is 6.42 Å². The monoisotopic (exact) mass is 191 g/mol. The van der Waals surface area contributed by atoms with E-state index in [0.717, 1.165) is 12.8 Å². The summed E-state index contributed by atoms with van der Waals surface area (Å²) in [6.07, 6.45) is 5.39. The lowest BCUT2D eigenvalue weighted by atomic mass is 9.96. The van der Waals surface area contributed by atoms with Crippen molar-refractivity contribution in [2.75, 3.05) is 0 Å². The van der Waals surface area contributed by atoms with Gasteiger partial charge in [0.15, 0.2) is 0 Å². The van der Waals surface area contributed by atoms with E-state index in [-0.39, 0.29) is 5.84 Å². The van der Waals surface area contributed by atoms with Crippen LogP contribution in [0.25, 0.3) is 0 Å².